The monoisotopic (exact) mass is 382 g/mol. The number of aliphatic hydroxyl groups excluding tert-OH is 4. The minimum Gasteiger partial charge on any atom is -0.394 e. The molecule has 2 aromatic carbocycles. The molecule has 1 saturated heterocycles. The molecule has 1 unspecified atom stereocenters. The van der Waals surface area contributed by atoms with E-state index in [2.05, 4.69) is 12.8 Å². The summed E-state index contributed by atoms with van der Waals surface area (Å²) in [5.74, 6) is 2.61. The third kappa shape index (κ3) is 4.12. The topological polar surface area (TPSA) is 90.2 Å². The Kier molecular flexibility index (Phi) is 6.50. The normalized spacial score (nSPS) is 27.4. The zero-order valence-electron chi connectivity index (χ0n) is 15.8. The number of hydrogen-bond acceptors (Lipinski definition) is 5. The number of terminal acetylenes is 1. The molecular formula is C23H26O5. The van der Waals surface area contributed by atoms with Gasteiger partial charge in [0, 0.05) is 5.56 Å². The predicted molar refractivity (Wildman–Crippen MR) is 106 cm³/mol. The van der Waals surface area contributed by atoms with Crippen LogP contribution < -0.4 is 0 Å². The lowest BCUT2D eigenvalue weighted by atomic mass is 9.88. The Labute approximate surface area is 165 Å². The first kappa shape index (κ1) is 20.5. The highest BCUT2D eigenvalue weighted by Gasteiger charge is 2.43. The van der Waals surface area contributed by atoms with E-state index in [4.69, 9.17) is 11.2 Å². The van der Waals surface area contributed by atoms with E-state index in [1.807, 2.05) is 42.5 Å². The maximum absolute atomic E-state index is 10.4. The van der Waals surface area contributed by atoms with Crippen molar-refractivity contribution in [3.63, 3.8) is 0 Å². The lowest BCUT2D eigenvalue weighted by Gasteiger charge is -2.40. The van der Waals surface area contributed by atoms with Gasteiger partial charge >= 0.3 is 0 Å². The summed E-state index contributed by atoms with van der Waals surface area (Å²) in [5, 5.41) is 39.9. The summed E-state index contributed by atoms with van der Waals surface area (Å²) in [7, 11) is 0. The van der Waals surface area contributed by atoms with Crippen molar-refractivity contribution in [1.82, 2.24) is 0 Å². The molecule has 4 N–H and O–H groups in total. The van der Waals surface area contributed by atoms with Crippen LogP contribution in [0.15, 0.2) is 42.5 Å². The van der Waals surface area contributed by atoms with Crippen LogP contribution in [0.5, 0.6) is 0 Å². The van der Waals surface area contributed by atoms with Crippen LogP contribution in [0.1, 0.15) is 40.8 Å². The molecule has 0 amide bonds. The Morgan fingerprint density at radius 2 is 1.68 bits per heavy atom. The van der Waals surface area contributed by atoms with E-state index < -0.39 is 37.1 Å². The smallest absolute Gasteiger partial charge is 0.113 e. The Bertz CT molecular complexity index is 837. The number of ether oxygens (including phenoxy) is 1. The second-order valence-electron chi connectivity index (χ2n) is 7.15. The van der Waals surface area contributed by atoms with Crippen molar-refractivity contribution in [1.29, 1.82) is 0 Å². The summed E-state index contributed by atoms with van der Waals surface area (Å²) < 4.78 is 5.69. The molecule has 0 radical (unpaired) electrons. The van der Waals surface area contributed by atoms with Crippen LogP contribution in [0.2, 0.25) is 0 Å². The first-order valence-corrected chi connectivity index (χ1v) is 9.46. The van der Waals surface area contributed by atoms with E-state index in [0.717, 1.165) is 23.1 Å². The van der Waals surface area contributed by atoms with Gasteiger partial charge in [0.15, 0.2) is 0 Å². The molecule has 5 nitrogen and oxygen atoms in total. The molecule has 148 valence electrons. The Morgan fingerprint density at radius 1 is 0.964 bits per heavy atom. The molecule has 1 fully saturated rings. The first-order valence-electron chi connectivity index (χ1n) is 9.46. The number of aryl methyl sites for hydroxylation is 1. The van der Waals surface area contributed by atoms with Crippen molar-refractivity contribution in [2.24, 2.45) is 0 Å². The molecule has 0 aliphatic carbocycles. The van der Waals surface area contributed by atoms with E-state index in [0.29, 0.717) is 12.0 Å². The van der Waals surface area contributed by atoms with Crippen molar-refractivity contribution in [2.45, 2.75) is 50.3 Å². The molecule has 5 atom stereocenters. The molecule has 0 aromatic heterocycles. The molecule has 1 aliphatic rings. The van der Waals surface area contributed by atoms with Crippen LogP contribution in [-0.2, 0) is 17.6 Å². The van der Waals surface area contributed by atoms with Gasteiger partial charge in [0.25, 0.3) is 0 Å². The largest absolute Gasteiger partial charge is 0.394 e. The quantitative estimate of drug-likeness (QED) is 0.586. The van der Waals surface area contributed by atoms with Gasteiger partial charge in [-0.15, -0.1) is 6.42 Å². The first-order chi connectivity index (χ1) is 13.5. The van der Waals surface area contributed by atoms with E-state index in [9.17, 15) is 20.4 Å². The Morgan fingerprint density at radius 3 is 2.29 bits per heavy atom. The highest BCUT2D eigenvalue weighted by atomic mass is 16.5. The van der Waals surface area contributed by atoms with Crippen molar-refractivity contribution in [2.75, 3.05) is 6.61 Å². The summed E-state index contributed by atoms with van der Waals surface area (Å²) in [4.78, 5) is 0. The number of rotatable bonds is 5. The van der Waals surface area contributed by atoms with E-state index in [1.165, 1.54) is 5.56 Å². The fourth-order valence-electron chi connectivity index (χ4n) is 3.65. The van der Waals surface area contributed by atoms with Gasteiger partial charge < -0.3 is 25.2 Å². The maximum Gasteiger partial charge on any atom is 0.113 e. The molecule has 0 spiro atoms. The third-order valence-corrected chi connectivity index (χ3v) is 5.35. The van der Waals surface area contributed by atoms with Crippen molar-refractivity contribution < 1.29 is 25.2 Å². The van der Waals surface area contributed by atoms with Gasteiger partial charge in [-0.05, 0) is 47.2 Å². The minimum atomic E-state index is -1.39. The van der Waals surface area contributed by atoms with Crippen LogP contribution in [-0.4, -0.2) is 51.4 Å². The van der Waals surface area contributed by atoms with Crippen LogP contribution >= 0.6 is 0 Å². The predicted octanol–water partition coefficient (Wildman–Crippen LogP) is 1.34. The van der Waals surface area contributed by atoms with E-state index in [-0.39, 0.29) is 0 Å². The van der Waals surface area contributed by atoms with Gasteiger partial charge in [0.05, 0.1) is 6.61 Å². The standard InChI is InChI=1S/C23H26O5/c1-3-14-5-7-15(8-6-14)11-18-12-17(10-9-16(18)4-2)23-22(27)21(26)20(25)19(13-24)28-23/h1,5-10,12,19-27H,4,11,13H2,2H3/t19-,20-,21?,22-,23+/m1/s1. The highest BCUT2D eigenvalue weighted by Crippen LogP contribution is 2.33. The van der Waals surface area contributed by atoms with Crippen molar-refractivity contribution in [3.8, 4) is 12.3 Å². The SMILES string of the molecule is C#Cc1ccc(Cc2cc([C@@H]3O[C@H](CO)[C@@H](O)C(O)[C@H]3O)ccc2CC)cc1. The van der Waals surface area contributed by atoms with Crippen LogP contribution in [0, 0.1) is 12.3 Å². The summed E-state index contributed by atoms with van der Waals surface area (Å²) in [5.41, 5.74) is 4.90. The maximum atomic E-state index is 10.4. The Balaban J connectivity index is 1.90. The molecule has 0 saturated carbocycles. The number of aliphatic hydroxyl groups is 4. The zero-order chi connectivity index (χ0) is 20.3. The lowest BCUT2D eigenvalue weighted by molar-refractivity contribution is -0.231. The van der Waals surface area contributed by atoms with Gasteiger partial charge in [-0.3, -0.25) is 0 Å². The molecule has 0 bridgehead atoms. The van der Waals surface area contributed by atoms with Gasteiger partial charge in [-0.25, -0.2) is 0 Å². The van der Waals surface area contributed by atoms with Crippen LogP contribution in [0.3, 0.4) is 0 Å². The number of hydrogen-bond donors (Lipinski definition) is 4. The van der Waals surface area contributed by atoms with Crippen molar-refractivity contribution in [3.05, 3.63) is 70.3 Å². The minimum absolute atomic E-state index is 0.442. The molecule has 1 aliphatic heterocycles. The highest BCUT2D eigenvalue weighted by molar-refractivity contribution is 5.40. The van der Waals surface area contributed by atoms with E-state index in [1.54, 1.807) is 0 Å². The zero-order valence-corrected chi connectivity index (χ0v) is 15.8. The van der Waals surface area contributed by atoms with Gasteiger partial charge in [0.2, 0.25) is 0 Å². The van der Waals surface area contributed by atoms with Gasteiger partial charge in [-0.2, -0.15) is 0 Å². The third-order valence-electron chi connectivity index (χ3n) is 5.35. The van der Waals surface area contributed by atoms with E-state index >= 15 is 0 Å². The fraction of sp³-hybridized carbons (Fsp3) is 0.391. The van der Waals surface area contributed by atoms with Crippen LogP contribution in [0.25, 0.3) is 0 Å². The lowest BCUT2D eigenvalue weighted by Crippen LogP contribution is -2.55. The van der Waals surface area contributed by atoms with Crippen molar-refractivity contribution >= 4 is 0 Å². The van der Waals surface area contributed by atoms with Gasteiger partial charge in [-0.1, -0.05) is 43.2 Å². The second kappa shape index (κ2) is 8.87. The molecule has 1 heterocycles. The average molecular weight is 382 g/mol. The second-order valence-corrected chi connectivity index (χ2v) is 7.15. The Hall–Kier alpha value is -2.20. The molecule has 3 rings (SSSR count). The molecule has 2 aromatic rings. The van der Waals surface area contributed by atoms with Gasteiger partial charge in [0.1, 0.15) is 30.5 Å². The molecule has 5 heteroatoms. The van der Waals surface area contributed by atoms with Crippen LogP contribution in [0.4, 0.5) is 0 Å². The fourth-order valence-corrected chi connectivity index (χ4v) is 3.65. The number of benzene rings is 2. The summed E-state index contributed by atoms with van der Waals surface area (Å²) >= 11 is 0. The molecular weight excluding hydrogens is 356 g/mol. The molecule has 28 heavy (non-hydrogen) atoms. The summed E-state index contributed by atoms with van der Waals surface area (Å²) in [6.07, 6.45) is 1.18. The summed E-state index contributed by atoms with van der Waals surface area (Å²) in [6, 6.07) is 13.6. The average Bonchev–Trinajstić information content (AvgIpc) is 2.73. The summed E-state index contributed by atoms with van der Waals surface area (Å²) in [6.45, 7) is 1.64.